The molecule has 2 unspecified atom stereocenters. The Bertz CT molecular complexity index is 929. The normalized spacial score (nSPS) is 20.8. The Hall–Kier alpha value is -2.08. The van der Waals surface area contributed by atoms with Gasteiger partial charge in [0.25, 0.3) is 0 Å². The second kappa shape index (κ2) is 7.01. The number of rotatable bonds is 4. The number of fused-ring (bicyclic) bond motifs is 2. The molecule has 0 amide bonds. The van der Waals surface area contributed by atoms with E-state index in [1.807, 2.05) is 0 Å². The first-order valence-electron chi connectivity index (χ1n) is 11.2. The molecule has 0 heteroatoms. The lowest BCUT2D eigenvalue weighted by Gasteiger charge is -2.41. The Morgan fingerprint density at radius 3 is 1.38 bits per heavy atom. The van der Waals surface area contributed by atoms with Gasteiger partial charge in [-0.15, -0.1) is 0 Å². The van der Waals surface area contributed by atoms with Crippen LogP contribution in [0.1, 0.15) is 112 Å². The lowest BCUT2D eigenvalue weighted by atomic mass is 9.62. The Morgan fingerprint density at radius 1 is 0.655 bits per heavy atom. The van der Waals surface area contributed by atoms with Crippen molar-refractivity contribution >= 4 is 12.2 Å². The molecule has 0 aliphatic heterocycles. The van der Waals surface area contributed by atoms with Gasteiger partial charge in [0.15, 0.2) is 0 Å². The Morgan fingerprint density at radius 2 is 1.03 bits per heavy atom. The second-order valence-corrected chi connectivity index (χ2v) is 10.6. The molecular formula is C29H36. The van der Waals surface area contributed by atoms with Crippen molar-refractivity contribution in [2.24, 2.45) is 5.41 Å². The molecular weight excluding hydrogens is 348 g/mol. The Balaban J connectivity index is 1.82. The van der Waals surface area contributed by atoms with Crippen LogP contribution in [-0.2, 0) is 0 Å². The van der Waals surface area contributed by atoms with Crippen molar-refractivity contribution in [3.05, 3.63) is 80.9 Å². The van der Waals surface area contributed by atoms with Crippen LogP contribution in [0.2, 0.25) is 0 Å². The topological polar surface area (TPSA) is 0 Å². The summed E-state index contributed by atoms with van der Waals surface area (Å²) >= 11 is 0. The summed E-state index contributed by atoms with van der Waals surface area (Å²) in [6.07, 6.45) is 4.84. The fraction of sp³-hybridized carbons (Fsp3) is 0.448. The molecule has 0 aromatic heterocycles. The summed E-state index contributed by atoms with van der Waals surface area (Å²) in [5, 5.41) is 0. The fourth-order valence-corrected chi connectivity index (χ4v) is 5.96. The quantitative estimate of drug-likeness (QED) is 0.494. The molecule has 0 radical (unpaired) electrons. The van der Waals surface area contributed by atoms with Gasteiger partial charge in [-0.1, -0.05) is 101 Å². The summed E-state index contributed by atoms with van der Waals surface area (Å²) in [5.41, 5.74) is 11.9. The van der Waals surface area contributed by atoms with Gasteiger partial charge >= 0.3 is 0 Å². The lowest BCUT2D eigenvalue weighted by molar-refractivity contribution is 0.274. The minimum absolute atomic E-state index is 0.114. The van der Waals surface area contributed by atoms with Gasteiger partial charge < -0.3 is 0 Å². The van der Waals surface area contributed by atoms with Gasteiger partial charge in [0.05, 0.1) is 0 Å². The third-order valence-corrected chi connectivity index (χ3v) is 7.34. The average Bonchev–Trinajstić information content (AvgIpc) is 3.15. The van der Waals surface area contributed by atoms with Crippen LogP contribution < -0.4 is 0 Å². The molecule has 2 aliphatic rings. The van der Waals surface area contributed by atoms with E-state index in [1.165, 1.54) is 44.5 Å². The van der Waals surface area contributed by atoms with Crippen LogP contribution in [0, 0.1) is 5.41 Å². The molecule has 29 heavy (non-hydrogen) atoms. The van der Waals surface area contributed by atoms with E-state index in [1.54, 1.807) is 0 Å². The summed E-state index contributed by atoms with van der Waals surface area (Å²) in [6.45, 7) is 18.8. The van der Waals surface area contributed by atoms with E-state index in [2.05, 4.69) is 104 Å². The minimum Gasteiger partial charge on any atom is -0.0646 e. The minimum atomic E-state index is 0.114. The molecule has 0 bridgehead atoms. The van der Waals surface area contributed by atoms with Crippen LogP contribution in [0.4, 0.5) is 0 Å². The molecule has 2 atom stereocenters. The predicted molar refractivity (Wildman–Crippen MR) is 128 cm³/mol. The van der Waals surface area contributed by atoms with E-state index in [-0.39, 0.29) is 5.41 Å². The standard InChI is InChI=1S/C29H36/c1-17(2)21-9-11-23-13-19(5)27(25(23)15-21)29(7,8)28-20(6)14-24-12-10-22(18(3)4)16-26(24)28/h9-18,27-28H,1-8H3. The summed E-state index contributed by atoms with van der Waals surface area (Å²) in [6, 6.07) is 14.3. The van der Waals surface area contributed by atoms with E-state index in [4.69, 9.17) is 0 Å². The lowest BCUT2D eigenvalue weighted by Crippen LogP contribution is -2.30. The molecule has 0 nitrogen and oxygen atoms in total. The fourth-order valence-electron chi connectivity index (χ4n) is 5.96. The summed E-state index contributed by atoms with van der Waals surface area (Å²) in [5.74, 6) is 2.04. The number of hydrogen-bond donors (Lipinski definition) is 0. The molecule has 0 heterocycles. The Kier molecular flexibility index (Phi) is 4.88. The van der Waals surface area contributed by atoms with E-state index < -0.39 is 0 Å². The third kappa shape index (κ3) is 3.21. The van der Waals surface area contributed by atoms with Crippen molar-refractivity contribution in [1.82, 2.24) is 0 Å². The maximum Gasteiger partial charge on any atom is 0.0115 e. The average molecular weight is 385 g/mol. The van der Waals surface area contributed by atoms with Crippen molar-refractivity contribution in [1.29, 1.82) is 0 Å². The zero-order valence-corrected chi connectivity index (χ0v) is 19.4. The van der Waals surface area contributed by atoms with E-state index in [0.29, 0.717) is 23.7 Å². The number of hydrogen-bond acceptors (Lipinski definition) is 0. The van der Waals surface area contributed by atoms with E-state index in [0.717, 1.165) is 0 Å². The highest BCUT2D eigenvalue weighted by Crippen LogP contribution is 2.58. The van der Waals surface area contributed by atoms with Gasteiger partial charge in [-0.05, 0) is 64.5 Å². The van der Waals surface area contributed by atoms with Crippen LogP contribution in [0.5, 0.6) is 0 Å². The zero-order valence-electron chi connectivity index (χ0n) is 19.4. The third-order valence-electron chi connectivity index (χ3n) is 7.34. The van der Waals surface area contributed by atoms with Crippen molar-refractivity contribution in [3.63, 3.8) is 0 Å². The van der Waals surface area contributed by atoms with Gasteiger partial charge in [-0.25, -0.2) is 0 Å². The van der Waals surface area contributed by atoms with Gasteiger partial charge in [0, 0.05) is 11.8 Å². The molecule has 2 aromatic rings. The number of allylic oxidation sites excluding steroid dienone is 2. The van der Waals surface area contributed by atoms with Crippen LogP contribution in [-0.4, -0.2) is 0 Å². The van der Waals surface area contributed by atoms with Crippen LogP contribution in [0.25, 0.3) is 12.2 Å². The highest BCUT2D eigenvalue weighted by Gasteiger charge is 2.45. The first-order chi connectivity index (χ1) is 13.6. The summed E-state index contributed by atoms with van der Waals surface area (Å²) in [7, 11) is 0. The maximum atomic E-state index is 2.49. The zero-order chi connectivity index (χ0) is 21.1. The Labute approximate surface area is 177 Å². The highest BCUT2D eigenvalue weighted by atomic mass is 14.5. The van der Waals surface area contributed by atoms with Gasteiger partial charge in [0.1, 0.15) is 0 Å². The highest BCUT2D eigenvalue weighted by molar-refractivity contribution is 5.71. The molecule has 0 saturated heterocycles. The second-order valence-electron chi connectivity index (χ2n) is 10.6. The van der Waals surface area contributed by atoms with E-state index >= 15 is 0 Å². The summed E-state index contributed by atoms with van der Waals surface area (Å²) < 4.78 is 0. The van der Waals surface area contributed by atoms with Crippen molar-refractivity contribution in [2.75, 3.05) is 0 Å². The smallest absolute Gasteiger partial charge is 0.0115 e. The molecule has 2 aliphatic carbocycles. The molecule has 0 fully saturated rings. The van der Waals surface area contributed by atoms with Gasteiger partial charge in [-0.2, -0.15) is 0 Å². The molecule has 0 spiro atoms. The molecule has 2 aromatic carbocycles. The van der Waals surface area contributed by atoms with Crippen LogP contribution >= 0.6 is 0 Å². The molecule has 152 valence electrons. The van der Waals surface area contributed by atoms with Crippen molar-refractivity contribution in [2.45, 2.75) is 79.1 Å². The number of benzene rings is 2. The van der Waals surface area contributed by atoms with E-state index in [9.17, 15) is 0 Å². The van der Waals surface area contributed by atoms with Gasteiger partial charge in [-0.3, -0.25) is 0 Å². The van der Waals surface area contributed by atoms with Crippen molar-refractivity contribution < 1.29 is 0 Å². The predicted octanol–water partition coefficient (Wildman–Crippen LogP) is 8.66. The first kappa shape index (κ1) is 20.2. The van der Waals surface area contributed by atoms with Crippen LogP contribution in [0.15, 0.2) is 47.5 Å². The molecule has 0 saturated carbocycles. The first-order valence-corrected chi connectivity index (χ1v) is 11.2. The SMILES string of the molecule is CC1=Cc2ccc(C(C)C)cc2C1C(C)(C)C1C(C)=Cc2ccc(C(C)C)cc21. The largest absolute Gasteiger partial charge is 0.0646 e. The maximum absolute atomic E-state index is 2.49. The van der Waals surface area contributed by atoms with Crippen molar-refractivity contribution in [3.8, 4) is 0 Å². The van der Waals surface area contributed by atoms with Gasteiger partial charge in [0.2, 0.25) is 0 Å². The molecule has 0 N–H and O–H groups in total. The van der Waals surface area contributed by atoms with Crippen LogP contribution in [0.3, 0.4) is 0 Å². The molecule has 4 rings (SSSR count). The summed E-state index contributed by atoms with van der Waals surface area (Å²) in [4.78, 5) is 0. The monoisotopic (exact) mass is 384 g/mol.